The van der Waals surface area contributed by atoms with Crippen LogP contribution in [-0.4, -0.2) is 36.2 Å². The van der Waals surface area contributed by atoms with Crippen LogP contribution < -0.4 is 5.32 Å². The Labute approximate surface area is 135 Å². The molecule has 23 heavy (non-hydrogen) atoms. The van der Waals surface area contributed by atoms with E-state index >= 15 is 0 Å². The number of carbonyl (C=O) groups is 1. The Hall–Kier alpha value is -1.85. The number of carbonyl (C=O) groups excluding carboxylic acids is 1. The van der Waals surface area contributed by atoms with Gasteiger partial charge >= 0.3 is 6.09 Å². The summed E-state index contributed by atoms with van der Waals surface area (Å²) >= 11 is 0. The zero-order valence-electron chi connectivity index (χ0n) is 13.9. The summed E-state index contributed by atoms with van der Waals surface area (Å²) in [6, 6.07) is 3.81. The second kappa shape index (κ2) is 7.15. The van der Waals surface area contributed by atoms with E-state index in [0.717, 1.165) is 12.8 Å². The van der Waals surface area contributed by atoms with Gasteiger partial charge in [0.15, 0.2) is 0 Å². The highest BCUT2D eigenvalue weighted by Gasteiger charge is 2.26. The Morgan fingerprint density at radius 1 is 1.26 bits per heavy atom. The van der Waals surface area contributed by atoms with Gasteiger partial charge in [0, 0.05) is 19.6 Å². The second-order valence-electron chi connectivity index (χ2n) is 6.89. The maximum absolute atomic E-state index is 13.6. The molecule has 1 amide bonds. The lowest BCUT2D eigenvalue weighted by Gasteiger charge is -2.33. The van der Waals surface area contributed by atoms with Crippen LogP contribution in [0, 0.1) is 17.6 Å². The summed E-state index contributed by atoms with van der Waals surface area (Å²) in [5, 5.41) is 2.85. The monoisotopic (exact) mass is 326 g/mol. The lowest BCUT2D eigenvalue weighted by atomic mass is 9.97. The first-order valence-corrected chi connectivity index (χ1v) is 7.92. The lowest BCUT2D eigenvalue weighted by molar-refractivity contribution is 0.0188. The number of rotatable bonds is 3. The summed E-state index contributed by atoms with van der Waals surface area (Å²) in [5.74, 6) is -0.903. The Bertz CT molecular complexity index is 530. The van der Waals surface area contributed by atoms with E-state index in [4.69, 9.17) is 4.74 Å². The van der Waals surface area contributed by atoms with Gasteiger partial charge in [0.25, 0.3) is 0 Å². The first-order chi connectivity index (χ1) is 10.8. The van der Waals surface area contributed by atoms with Crippen molar-refractivity contribution in [2.24, 2.45) is 5.92 Å². The van der Waals surface area contributed by atoms with Gasteiger partial charge in [-0.25, -0.2) is 13.6 Å². The summed E-state index contributed by atoms with van der Waals surface area (Å²) in [7, 11) is 0. The molecule has 1 aromatic rings. The number of nitrogens with zero attached hydrogens (tertiary/aromatic N) is 1. The van der Waals surface area contributed by atoms with Crippen LogP contribution >= 0.6 is 0 Å². The molecule has 0 atom stereocenters. The van der Waals surface area contributed by atoms with E-state index in [1.165, 1.54) is 18.2 Å². The van der Waals surface area contributed by atoms with Gasteiger partial charge in [-0.1, -0.05) is 6.07 Å². The largest absolute Gasteiger partial charge is 0.444 e. The molecule has 1 aliphatic rings. The van der Waals surface area contributed by atoms with Crippen molar-refractivity contribution in [2.45, 2.75) is 39.2 Å². The van der Waals surface area contributed by atoms with Crippen LogP contribution in [0.25, 0.3) is 0 Å². The number of hydrogen-bond donors (Lipinski definition) is 1. The number of benzene rings is 1. The van der Waals surface area contributed by atoms with Gasteiger partial charge in [0.2, 0.25) is 0 Å². The minimum Gasteiger partial charge on any atom is -0.444 e. The Kier molecular flexibility index (Phi) is 5.44. The van der Waals surface area contributed by atoms with E-state index in [-0.39, 0.29) is 17.7 Å². The predicted octanol–water partition coefficient (Wildman–Crippen LogP) is 4.02. The summed E-state index contributed by atoms with van der Waals surface area (Å²) in [6.07, 6.45) is 1.26. The van der Waals surface area contributed by atoms with E-state index in [1.54, 1.807) is 4.90 Å². The summed E-state index contributed by atoms with van der Waals surface area (Å²) in [6.45, 7) is 7.20. The van der Waals surface area contributed by atoms with E-state index in [1.807, 2.05) is 20.8 Å². The van der Waals surface area contributed by atoms with Crippen molar-refractivity contribution in [3.63, 3.8) is 0 Å². The van der Waals surface area contributed by atoms with Crippen LogP contribution in [0.1, 0.15) is 33.6 Å². The molecule has 0 bridgehead atoms. The normalized spacial score (nSPS) is 16.3. The highest BCUT2D eigenvalue weighted by molar-refractivity contribution is 5.68. The fraction of sp³-hybridized carbons (Fsp3) is 0.588. The minimum absolute atomic E-state index is 0.0814. The third-order valence-corrected chi connectivity index (χ3v) is 3.80. The molecule has 0 saturated carbocycles. The van der Waals surface area contributed by atoms with Crippen molar-refractivity contribution < 1.29 is 18.3 Å². The number of likely N-dealkylation sites (tertiary alicyclic amines) is 1. The molecule has 1 N–H and O–H groups in total. The first-order valence-electron chi connectivity index (χ1n) is 7.92. The molecule has 6 heteroatoms. The highest BCUT2D eigenvalue weighted by atomic mass is 19.1. The standard InChI is InChI=1S/C17H24F2N2O2/c1-17(2,3)23-16(22)21-9-7-12(8-10-21)11-20-15-13(18)5-4-6-14(15)19/h4-6,12,20H,7-11H2,1-3H3. The zero-order chi connectivity index (χ0) is 17.0. The van der Waals surface area contributed by atoms with E-state index in [9.17, 15) is 13.6 Å². The third-order valence-electron chi connectivity index (χ3n) is 3.80. The molecule has 1 heterocycles. The van der Waals surface area contributed by atoms with Crippen molar-refractivity contribution in [3.8, 4) is 0 Å². The molecular weight excluding hydrogens is 302 g/mol. The molecule has 0 spiro atoms. The average Bonchev–Trinajstić information content (AvgIpc) is 2.45. The van der Waals surface area contributed by atoms with Gasteiger partial charge in [-0.05, 0) is 51.7 Å². The van der Waals surface area contributed by atoms with Crippen LogP contribution in [0.15, 0.2) is 18.2 Å². The molecule has 0 aliphatic carbocycles. The summed E-state index contributed by atoms with van der Waals surface area (Å²) in [5.41, 5.74) is -0.584. The number of para-hydroxylation sites is 1. The quantitative estimate of drug-likeness (QED) is 0.912. The summed E-state index contributed by atoms with van der Waals surface area (Å²) < 4.78 is 32.5. The van der Waals surface area contributed by atoms with Crippen LogP contribution in [0.4, 0.5) is 19.3 Å². The van der Waals surface area contributed by atoms with Crippen molar-refractivity contribution in [1.82, 2.24) is 4.90 Å². The van der Waals surface area contributed by atoms with Crippen molar-refractivity contribution in [2.75, 3.05) is 25.0 Å². The van der Waals surface area contributed by atoms with Crippen LogP contribution in [0.2, 0.25) is 0 Å². The van der Waals surface area contributed by atoms with Crippen LogP contribution in [0.3, 0.4) is 0 Å². The van der Waals surface area contributed by atoms with E-state index < -0.39 is 17.2 Å². The van der Waals surface area contributed by atoms with Crippen molar-refractivity contribution in [3.05, 3.63) is 29.8 Å². The number of anilines is 1. The zero-order valence-corrected chi connectivity index (χ0v) is 13.9. The number of amides is 1. The predicted molar refractivity (Wildman–Crippen MR) is 85.4 cm³/mol. The van der Waals surface area contributed by atoms with Crippen molar-refractivity contribution >= 4 is 11.8 Å². The maximum Gasteiger partial charge on any atom is 0.410 e. The van der Waals surface area contributed by atoms with Gasteiger partial charge in [-0.15, -0.1) is 0 Å². The van der Waals surface area contributed by atoms with Gasteiger partial charge in [-0.3, -0.25) is 0 Å². The number of nitrogens with one attached hydrogen (secondary N) is 1. The number of halogens is 2. The SMILES string of the molecule is CC(C)(C)OC(=O)N1CCC(CNc2c(F)cccc2F)CC1. The molecule has 1 fully saturated rings. The first kappa shape index (κ1) is 17.5. The van der Waals surface area contributed by atoms with E-state index in [0.29, 0.717) is 19.6 Å². The molecule has 0 aromatic heterocycles. The highest BCUT2D eigenvalue weighted by Crippen LogP contribution is 2.22. The molecular formula is C17H24F2N2O2. The fourth-order valence-corrected chi connectivity index (χ4v) is 2.56. The molecule has 0 radical (unpaired) electrons. The molecule has 1 aliphatic heterocycles. The van der Waals surface area contributed by atoms with Gasteiger partial charge in [0.1, 0.15) is 22.9 Å². The molecule has 2 rings (SSSR count). The van der Waals surface area contributed by atoms with Crippen LogP contribution in [-0.2, 0) is 4.74 Å². The Morgan fingerprint density at radius 2 is 1.83 bits per heavy atom. The summed E-state index contributed by atoms with van der Waals surface area (Å²) in [4.78, 5) is 13.7. The van der Waals surface area contributed by atoms with Gasteiger partial charge in [-0.2, -0.15) is 0 Å². The molecule has 4 nitrogen and oxygen atoms in total. The Morgan fingerprint density at radius 3 is 2.35 bits per heavy atom. The molecule has 1 aromatic carbocycles. The minimum atomic E-state index is -0.587. The van der Waals surface area contributed by atoms with Gasteiger partial charge in [0.05, 0.1) is 0 Å². The maximum atomic E-state index is 13.6. The number of ether oxygens (including phenoxy) is 1. The van der Waals surface area contributed by atoms with E-state index in [2.05, 4.69) is 5.32 Å². The lowest BCUT2D eigenvalue weighted by Crippen LogP contribution is -2.42. The topological polar surface area (TPSA) is 41.6 Å². The smallest absolute Gasteiger partial charge is 0.410 e. The third kappa shape index (κ3) is 5.08. The average molecular weight is 326 g/mol. The number of hydrogen-bond acceptors (Lipinski definition) is 3. The molecule has 1 saturated heterocycles. The fourth-order valence-electron chi connectivity index (χ4n) is 2.56. The molecule has 128 valence electrons. The number of piperidine rings is 1. The van der Waals surface area contributed by atoms with Crippen LogP contribution in [0.5, 0.6) is 0 Å². The second-order valence-corrected chi connectivity index (χ2v) is 6.89. The van der Waals surface area contributed by atoms with Crippen molar-refractivity contribution in [1.29, 1.82) is 0 Å². The van der Waals surface area contributed by atoms with Gasteiger partial charge < -0.3 is 15.0 Å². The molecule has 0 unspecified atom stereocenters. The Balaban J connectivity index is 1.80.